The minimum atomic E-state index is -1.02. The zero-order valence-corrected chi connectivity index (χ0v) is 16.1. The lowest BCUT2D eigenvalue weighted by molar-refractivity contribution is -0.136. The topological polar surface area (TPSA) is 43.4 Å². The van der Waals surface area contributed by atoms with E-state index in [0.717, 1.165) is 16.7 Å². The van der Waals surface area contributed by atoms with Gasteiger partial charge in [-0.1, -0.05) is 83.9 Å². The predicted molar refractivity (Wildman–Crippen MR) is 110 cm³/mol. The molecule has 1 fully saturated rings. The SMILES string of the molecule is O=C1O/C(=C\c2ccc(-c3ccccc3)cc2)C(=O)C1c1ccc(Cl)c(Cl)c1. The van der Waals surface area contributed by atoms with E-state index in [2.05, 4.69) is 0 Å². The fraction of sp³-hybridized carbons (Fsp3) is 0.0435. The van der Waals surface area contributed by atoms with E-state index in [4.69, 9.17) is 27.9 Å². The molecule has 0 radical (unpaired) electrons. The Labute approximate surface area is 172 Å². The molecule has 1 aliphatic rings. The third-order valence-electron chi connectivity index (χ3n) is 4.54. The number of ketones is 1. The van der Waals surface area contributed by atoms with E-state index in [0.29, 0.717) is 10.6 Å². The normalized spacial score (nSPS) is 17.8. The first kappa shape index (κ1) is 18.5. The fourth-order valence-corrected chi connectivity index (χ4v) is 3.41. The van der Waals surface area contributed by atoms with Crippen LogP contribution >= 0.6 is 23.2 Å². The second kappa shape index (κ2) is 7.63. The first-order chi connectivity index (χ1) is 13.5. The van der Waals surface area contributed by atoms with Crippen molar-refractivity contribution in [1.29, 1.82) is 0 Å². The molecule has 3 aromatic carbocycles. The van der Waals surface area contributed by atoms with Crippen LogP contribution in [0.4, 0.5) is 0 Å². The van der Waals surface area contributed by atoms with Gasteiger partial charge in [0, 0.05) is 0 Å². The van der Waals surface area contributed by atoms with Gasteiger partial charge in [0.15, 0.2) is 5.76 Å². The van der Waals surface area contributed by atoms with Crippen LogP contribution in [0.1, 0.15) is 17.0 Å². The average Bonchev–Trinajstić information content (AvgIpc) is 2.98. The number of cyclic esters (lactones) is 1. The maximum absolute atomic E-state index is 12.7. The van der Waals surface area contributed by atoms with Gasteiger partial charge in [0.25, 0.3) is 0 Å². The summed E-state index contributed by atoms with van der Waals surface area (Å²) in [7, 11) is 0. The monoisotopic (exact) mass is 408 g/mol. The van der Waals surface area contributed by atoms with Crippen LogP contribution in [0.5, 0.6) is 0 Å². The summed E-state index contributed by atoms with van der Waals surface area (Å²) in [5.41, 5.74) is 3.40. The Morgan fingerprint density at radius 2 is 1.46 bits per heavy atom. The van der Waals surface area contributed by atoms with Crippen molar-refractivity contribution in [2.45, 2.75) is 5.92 Å². The number of rotatable bonds is 3. The number of halogens is 2. The molecule has 0 spiro atoms. The van der Waals surface area contributed by atoms with Crippen LogP contribution in [-0.4, -0.2) is 11.8 Å². The molecular weight excluding hydrogens is 395 g/mol. The van der Waals surface area contributed by atoms with Gasteiger partial charge in [0.2, 0.25) is 5.78 Å². The number of benzene rings is 3. The molecular formula is C23H14Cl2O3. The molecule has 1 aliphatic heterocycles. The number of ether oxygens (including phenoxy) is 1. The first-order valence-corrected chi connectivity index (χ1v) is 9.36. The van der Waals surface area contributed by atoms with Gasteiger partial charge in [-0.05, 0) is 40.5 Å². The maximum atomic E-state index is 12.7. The van der Waals surface area contributed by atoms with E-state index >= 15 is 0 Å². The van der Waals surface area contributed by atoms with Crippen molar-refractivity contribution in [2.75, 3.05) is 0 Å². The van der Waals surface area contributed by atoms with Crippen molar-refractivity contribution >= 4 is 41.0 Å². The van der Waals surface area contributed by atoms with Gasteiger partial charge in [0.1, 0.15) is 5.92 Å². The minimum absolute atomic E-state index is 0.0218. The van der Waals surface area contributed by atoms with Crippen LogP contribution in [-0.2, 0) is 14.3 Å². The number of Topliss-reactive ketones (excluding diaryl/α,β-unsaturated/α-hetero) is 1. The molecule has 4 rings (SSSR count). The molecule has 1 atom stereocenters. The summed E-state index contributed by atoms with van der Waals surface area (Å²) >= 11 is 11.9. The van der Waals surface area contributed by atoms with E-state index in [-0.39, 0.29) is 10.8 Å². The van der Waals surface area contributed by atoms with E-state index in [9.17, 15) is 9.59 Å². The van der Waals surface area contributed by atoms with Crippen LogP contribution in [0.15, 0.2) is 78.6 Å². The minimum Gasteiger partial charge on any atom is -0.422 e. The number of esters is 1. The molecule has 1 heterocycles. The third-order valence-corrected chi connectivity index (χ3v) is 5.28. The number of carbonyl (C=O) groups excluding carboxylic acids is 2. The van der Waals surface area contributed by atoms with E-state index in [1.165, 1.54) is 6.07 Å². The van der Waals surface area contributed by atoms with Crippen molar-refractivity contribution in [1.82, 2.24) is 0 Å². The molecule has 1 saturated heterocycles. The third kappa shape index (κ3) is 3.59. The Morgan fingerprint density at radius 3 is 2.14 bits per heavy atom. The zero-order chi connectivity index (χ0) is 19.7. The van der Waals surface area contributed by atoms with Crippen LogP contribution in [0.25, 0.3) is 17.2 Å². The predicted octanol–water partition coefficient (Wildman–Crippen LogP) is 5.91. The largest absolute Gasteiger partial charge is 0.422 e. The van der Waals surface area contributed by atoms with Gasteiger partial charge in [-0.15, -0.1) is 0 Å². The van der Waals surface area contributed by atoms with Crippen molar-refractivity contribution in [3.8, 4) is 11.1 Å². The van der Waals surface area contributed by atoms with Gasteiger partial charge in [0.05, 0.1) is 10.0 Å². The fourth-order valence-electron chi connectivity index (χ4n) is 3.10. The lowest BCUT2D eigenvalue weighted by atomic mass is 9.95. The molecule has 0 aromatic heterocycles. The van der Waals surface area contributed by atoms with Crippen LogP contribution < -0.4 is 0 Å². The Kier molecular flexibility index (Phi) is 5.03. The number of carbonyl (C=O) groups is 2. The smallest absolute Gasteiger partial charge is 0.327 e. The summed E-state index contributed by atoms with van der Waals surface area (Å²) in [5, 5.41) is 0.646. The first-order valence-electron chi connectivity index (χ1n) is 8.61. The van der Waals surface area contributed by atoms with E-state index in [1.54, 1.807) is 18.2 Å². The summed E-state index contributed by atoms with van der Waals surface area (Å²) in [6, 6.07) is 22.3. The van der Waals surface area contributed by atoms with E-state index in [1.807, 2.05) is 54.6 Å². The van der Waals surface area contributed by atoms with Crippen molar-refractivity contribution in [3.05, 3.63) is 99.7 Å². The highest BCUT2D eigenvalue weighted by Gasteiger charge is 2.41. The second-order valence-corrected chi connectivity index (χ2v) is 7.20. The van der Waals surface area contributed by atoms with Gasteiger partial charge < -0.3 is 4.74 Å². The molecule has 28 heavy (non-hydrogen) atoms. The quantitative estimate of drug-likeness (QED) is 0.307. The average molecular weight is 409 g/mol. The lowest BCUT2D eigenvalue weighted by Gasteiger charge is -2.05. The highest BCUT2D eigenvalue weighted by Crippen LogP contribution is 2.34. The van der Waals surface area contributed by atoms with Gasteiger partial charge in [-0.3, -0.25) is 9.59 Å². The highest BCUT2D eigenvalue weighted by molar-refractivity contribution is 6.42. The summed E-state index contributed by atoms with van der Waals surface area (Å²) < 4.78 is 5.23. The molecule has 0 aliphatic carbocycles. The summed E-state index contributed by atoms with van der Waals surface area (Å²) in [6.07, 6.45) is 1.58. The molecule has 3 aromatic rings. The standard InChI is InChI=1S/C23H14Cl2O3/c24-18-11-10-17(13-19(18)25)21-22(26)20(28-23(21)27)12-14-6-8-16(9-7-14)15-4-2-1-3-5-15/h1-13,21H/b20-12-. The molecule has 5 heteroatoms. The summed E-state index contributed by atoms with van der Waals surface area (Å²) in [6.45, 7) is 0. The molecule has 0 N–H and O–H groups in total. The number of allylic oxidation sites excluding steroid dienone is 1. The van der Waals surface area contributed by atoms with Crippen LogP contribution in [0.2, 0.25) is 10.0 Å². The van der Waals surface area contributed by atoms with Gasteiger partial charge in [-0.2, -0.15) is 0 Å². The van der Waals surface area contributed by atoms with Crippen LogP contribution in [0.3, 0.4) is 0 Å². The zero-order valence-electron chi connectivity index (χ0n) is 14.6. The van der Waals surface area contributed by atoms with Crippen molar-refractivity contribution < 1.29 is 14.3 Å². The van der Waals surface area contributed by atoms with E-state index < -0.39 is 17.7 Å². The Hall–Kier alpha value is -2.88. The van der Waals surface area contributed by atoms with Crippen molar-refractivity contribution in [3.63, 3.8) is 0 Å². The van der Waals surface area contributed by atoms with Gasteiger partial charge >= 0.3 is 5.97 Å². The number of hydrogen-bond acceptors (Lipinski definition) is 3. The molecule has 0 amide bonds. The molecule has 0 bridgehead atoms. The maximum Gasteiger partial charge on any atom is 0.327 e. The molecule has 3 nitrogen and oxygen atoms in total. The highest BCUT2D eigenvalue weighted by atomic mass is 35.5. The Balaban J connectivity index is 1.59. The Bertz CT molecular complexity index is 1090. The van der Waals surface area contributed by atoms with Crippen LogP contribution in [0, 0.1) is 0 Å². The second-order valence-electron chi connectivity index (χ2n) is 6.39. The summed E-state index contributed by atoms with van der Waals surface area (Å²) in [4.78, 5) is 25.0. The lowest BCUT2D eigenvalue weighted by Crippen LogP contribution is -2.12. The Morgan fingerprint density at radius 1 is 0.786 bits per heavy atom. The number of hydrogen-bond donors (Lipinski definition) is 0. The molecule has 1 unspecified atom stereocenters. The molecule has 138 valence electrons. The van der Waals surface area contributed by atoms with Gasteiger partial charge in [-0.25, -0.2) is 0 Å². The molecule has 0 saturated carbocycles. The summed E-state index contributed by atoms with van der Waals surface area (Å²) in [5.74, 6) is -2.01. The van der Waals surface area contributed by atoms with Crippen molar-refractivity contribution in [2.24, 2.45) is 0 Å².